The van der Waals surface area contributed by atoms with Crippen LogP contribution in [-0.4, -0.2) is 44.6 Å². The van der Waals surface area contributed by atoms with Crippen LogP contribution in [0.5, 0.6) is 0 Å². The van der Waals surface area contributed by atoms with Crippen molar-refractivity contribution in [3.63, 3.8) is 0 Å². The van der Waals surface area contributed by atoms with Gasteiger partial charge in [-0.25, -0.2) is 9.59 Å². The van der Waals surface area contributed by atoms with Crippen LogP contribution in [0.3, 0.4) is 0 Å². The first-order chi connectivity index (χ1) is 16.1. The summed E-state index contributed by atoms with van der Waals surface area (Å²) in [7, 11) is 0. The molecule has 6 heteroatoms. The fourth-order valence-corrected chi connectivity index (χ4v) is 3.09. The Bertz CT molecular complexity index is 752. The molecule has 0 radical (unpaired) electrons. The topological polar surface area (TPSA) is 115 Å². The first kappa shape index (κ1) is 31.3. The Morgan fingerprint density at radius 3 is 1.26 bits per heavy atom. The molecular formula is C28H42O6. The standard InChI is InChI=1S/2C10H12O2.C8H18O2/c2*1-2-3-8-4-6-9(7-5-8)10(11)12;1-4-5-8(10)6(2)7(3)9/h2*4-7H,2-3H2,1H3,(H,11,12);6-10H,4-5H2,1-3H3. The molecule has 0 saturated carbocycles. The normalized spacial score (nSPS) is 12.8. The molecule has 0 amide bonds. The fourth-order valence-electron chi connectivity index (χ4n) is 3.09. The molecule has 0 aliphatic carbocycles. The van der Waals surface area contributed by atoms with Crippen LogP contribution in [0.25, 0.3) is 0 Å². The Labute approximate surface area is 204 Å². The van der Waals surface area contributed by atoms with Gasteiger partial charge in [-0.1, -0.05) is 71.2 Å². The molecule has 190 valence electrons. The molecular weight excluding hydrogens is 432 g/mol. The van der Waals surface area contributed by atoms with Crippen molar-refractivity contribution in [1.82, 2.24) is 0 Å². The van der Waals surface area contributed by atoms with Crippen LogP contribution in [-0.2, 0) is 12.8 Å². The zero-order valence-electron chi connectivity index (χ0n) is 21.2. The van der Waals surface area contributed by atoms with E-state index < -0.39 is 18.0 Å². The van der Waals surface area contributed by atoms with Crippen LogP contribution in [0, 0.1) is 5.92 Å². The maximum absolute atomic E-state index is 10.5. The molecule has 0 saturated heterocycles. The van der Waals surface area contributed by atoms with Crippen molar-refractivity contribution in [2.45, 2.75) is 85.4 Å². The first-order valence-corrected chi connectivity index (χ1v) is 12.1. The molecule has 0 fully saturated rings. The first-order valence-electron chi connectivity index (χ1n) is 12.1. The minimum absolute atomic E-state index is 0.0000463. The van der Waals surface area contributed by atoms with Gasteiger partial charge < -0.3 is 20.4 Å². The highest BCUT2D eigenvalue weighted by Crippen LogP contribution is 2.12. The van der Waals surface area contributed by atoms with Gasteiger partial charge in [-0.15, -0.1) is 0 Å². The molecule has 0 aliphatic rings. The van der Waals surface area contributed by atoms with Gasteiger partial charge in [0.15, 0.2) is 0 Å². The summed E-state index contributed by atoms with van der Waals surface area (Å²) in [6.45, 7) is 9.81. The Balaban J connectivity index is 0.000000484. The van der Waals surface area contributed by atoms with Crippen molar-refractivity contribution in [2.75, 3.05) is 0 Å². The number of carboxylic acid groups (broad SMARTS) is 2. The summed E-state index contributed by atoms with van der Waals surface area (Å²) < 4.78 is 0. The average Bonchev–Trinajstić information content (AvgIpc) is 2.80. The average molecular weight is 475 g/mol. The van der Waals surface area contributed by atoms with E-state index in [9.17, 15) is 14.7 Å². The molecule has 2 aromatic rings. The van der Waals surface area contributed by atoms with Crippen molar-refractivity contribution in [3.8, 4) is 0 Å². The van der Waals surface area contributed by atoms with Crippen molar-refractivity contribution < 1.29 is 30.0 Å². The van der Waals surface area contributed by atoms with Crippen LogP contribution in [0.2, 0.25) is 0 Å². The van der Waals surface area contributed by atoms with Gasteiger partial charge in [0.25, 0.3) is 0 Å². The molecule has 6 nitrogen and oxygen atoms in total. The molecule has 0 aromatic heterocycles. The van der Waals surface area contributed by atoms with E-state index in [1.165, 1.54) is 11.1 Å². The van der Waals surface area contributed by atoms with Crippen LogP contribution in [0.15, 0.2) is 48.5 Å². The van der Waals surface area contributed by atoms with Crippen molar-refractivity contribution in [3.05, 3.63) is 70.8 Å². The number of hydrogen-bond donors (Lipinski definition) is 4. The lowest BCUT2D eigenvalue weighted by molar-refractivity contribution is 0.0267. The van der Waals surface area contributed by atoms with Gasteiger partial charge in [0.2, 0.25) is 0 Å². The summed E-state index contributed by atoms with van der Waals surface area (Å²) in [6, 6.07) is 14.1. The van der Waals surface area contributed by atoms with E-state index in [1.807, 2.05) is 38.1 Å². The lowest BCUT2D eigenvalue weighted by atomic mass is 9.96. The van der Waals surface area contributed by atoms with E-state index in [-0.39, 0.29) is 12.0 Å². The molecule has 0 spiro atoms. The molecule has 0 aliphatic heterocycles. The minimum Gasteiger partial charge on any atom is -0.478 e. The van der Waals surface area contributed by atoms with E-state index in [0.717, 1.165) is 38.5 Å². The van der Waals surface area contributed by atoms with Crippen molar-refractivity contribution in [2.24, 2.45) is 5.92 Å². The zero-order chi connectivity index (χ0) is 26.1. The second-order valence-electron chi connectivity index (χ2n) is 8.46. The second kappa shape index (κ2) is 17.7. The van der Waals surface area contributed by atoms with Crippen molar-refractivity contribution in [1.29, 1.82) is 0 Å². The molecule has 3 atom stereocenters. The number of aryl methyl sites for hydroxylation is 2. The monoisotopic (exact) mass is 474 g/mol. The van der Waals surface area contributed by atoms with Crippen LogP contribution >= 0.6 is 0 Å². The highest BCUT2D eigenvalue weighted by atomic mass is 16.4. The highest BCUT2D eigenvalue weighted by molar-refractivity contribution is 5.87. The largest absolute Gasteiger partial charge is 0.478 e. The number of aliphatic hydroxyl groups excluding tert-OH is 2. The smallest absolute Gasteiger partial charge is 0.335 e. The van der Waals surface area contributed by atoms with Crippen LogP contribution < -0.4 is 0 Å². The Morgan fingerprint density at radius 2 is 1.03 bits per heavy atom. The number of rotatable bonds is 10. The molecule has 0 heterocycles. The maximum atomic E-state index is 10.5. The molecule has 0 bridgehead atoms. The van der Waals surface area contributed by atoms with Gasteiger partial charge in [0, 0.05) is 5.92 Å². The lowest BCUT2D eigenvalue weighted by Crippen LogP contribution is -2.26. The van der Waals surface area contributed by atoms with Gasteiger partial charge in [-0.05, 0) is 61.6 Å². The van der Waals surface area contributed by atoms with Gasteiger partial charge >= 0.3 is 11.9 Å². The molecule has 4 N–H and O–H groups in total. The van der Waals surface area contributed by atoms with Gasteiger partial charge in [0.05, 0.1) is 23.3 Å². The molecule has 2 rings (SSSR count). The Hall–Kier alpha value is -2.70. The van der Waals surface area contributed by atoms with E-state index in [1.54, 1.807) is 31.2 Å². The summed E-state index contributed by atoms with van der Waals surface area (Å²) in [5, 5.41) is 35.6. The SMILES string of the molecule is CCCC(O)C(C)C(C)O.CCCc1ccc(C(=O)O)cc1.CCCc1ccc(C(=O)O)cc1. The summed E-state index contributed by atoms with van der Waals surface area (Å²) in [5.41, 5.74) is 3.11. The third-order valence-electron chi connectivity index (χ3n) is 5.43. The number of carboxylic acids is 2. The van der Waals surface area contributed by atoms with Gasteiger partial charge in [0.1, 0.15) is 0 Å². The number of hydrogen-bond acceptors (Lipinski definition) is 4. The van der Waals surface area contributed by atoms with Gasteiger partial charge in [-0.2, -0.15) is 0 Å². The number of aliphatic hydroxyl groups is 2. The lowest BCUT2D eigenvalue weighted by Gasteiger charge is -2.20. The zero-order valence-corrected chi connectivity index (χ0v) is 21.2. The van der Waals surface area contributed by atoms with E-state index in [0.29, 0.717) is 11.1 Å². The van der Waals surface area contributed by atoms with Crippen molar-refractivity contribution >= 4 is 11.9 Å². The molecule has 3 unspecified atom stereocenters. The summed E-state index contributed by atoms with van der Waals surface area (Å²) >= 11 is 0. The molecule has 34 heavy (non-hydrogen) atoms. The van der Waals surface area contributed by atoms with E-state index >= 15 is 0 Å². The minimum atomic E-state index is -0.863. The Kier molecular flexibility index (Phi) is 16.3. The van der Waals surface area contributed by atoms with Gasteiger partial charge in [-0.3, -0.25) is 0 Å². The number of benzene rings is 2. The number of aromatic carboxylic acids is 2. The third-order valence-corrected chi connectivity index (χ3v) is 5.43. The van der Waals surface area contributed by atoms with Crippen LogP contribution in [0.4, 0.5) is 0 Å². The fraction of sp³-hybridized carbons (Fsp3) is 0.500. The molecule has 2 aromatic carbocycles. The third kappa shape index (κ3) is 13.1. The summed E-state index contributed by atoms with van der Waals surface area (Å²) in [5.74, 6) is -1.73. The van der Waals surface area contributed by atoms with Crippen LogP contribution in [0.1, 0.15) is 92.1 Å². The second-order valence-corrected chi connectivity index (χ2v) is 8.46. The predicted molar refractivity (Wildman–Crippen MR) is 137 cm³/mol. The predicted octanol–water partition coefficient (Wildman–Crippen LogP) is 5.84. The van der Waals surface area contributed by atoms with E-state index in [4.69, 9.17) is 15.3 Å². The quantitative estimate of drug-likeness (QED) is 0.344. The Morgan fingerprint density at radius 1 is 0.676 bits per heavy atom. The number of carbonyl (C=O) groups is 2. The maximum Gasteiger partial charge on any atom is 0.335 e. The summed E-state index contributed by atoms with van der Waals surface area (Å²) in [6.07, 6.45) is 5.22. The van der Waals surface area contributed by atoms with E-state index in [2.05, 4.69) is 13.8 Å². The highest BCUT2D eigenvalue weighted by Gasteiger charge is 2.17. The summed E-state index contributed by atoms with van der Waals surface area (Å²) in [4.78, 5) is 20.9.